The first kappa shape index (κ1) is 11.2. The summed E-state index contributed by atoms with van der Waals surface area (Å²) in [5, 5.41) is 4.10. The number of hydrogen-bond donors (Lipinski definition) is 1. The quantitative estimate of drug-likeness (QED) is 0.886. The Balaban J connectivity index is 1.93. The van der Waals surface area contributed by atoms with Crippen LogP contribution in [0.1, 0.15) is 24.3 Å². The van der Waals surface area contributed by atoms with Crippen LogP contribution in [0.4, 0.5) is 0 Å². The molecule has 0 saturated carbocycles. The van der Waals surface area contributed by atoms with Gasteiger partial charge in [-0.15, -0.1) is 0 Å². The van der Waals surface area contributed by atoms with E-state index in [1.54, 1.807) is 6.20 Å². The summed E-state index contributed by atoms with van der Waals surface area (Å²) in [6.45, 7) is 2.77. The SMILES string of the molecule is C[C@@H](NCc1cnco1)c1ccc(Cl)cc1. The van der Waals surface area contributed by atoms with Crippen LogP contribution >= 0.6 is 11.6 Å². The van der Waals surface area contributed by atoms with E-state index in [0.717, 1.165) is 10.8 Å². The van der Waals surface area contributed by atoms with Crippen molar-refractivity contribution in [1.82, 2.24) is 10.3 Å². The lowest BCUT2D eigenvalue weighted by Gasteiger charge is -2.12. The lowest BCUT2D eigenvalue weighted by molar-refractivity contribution is 0.458. The number of rotatable bonds is 4. The summed E-state index contributed by atoms with van der Waals surface area (Å²) in [6, 6.07) is 8.07. The van der Waals surface area contributed by atoms with Crippen molar-refractivity contribution in [1.29, 1.82) is 0 Å². The highest BCUT2D eigenvalue weighted by molar-refractivity contribution is 6.30. The molecule has 2 rings (SSSR count). The molecule has 0 fully saturated rings. The summed E-state index contributed by atoms with van der Waals surface area (Å²) in [4.78, 5) is 3.86. The molecular weight excluding hydrogens is 224 g/mol. The summed E-state index contributed by atoms with van der Waals surface area (Å²) in [5.41, 5.74) is 1.20. The highest BCUT2D eigenvalue weighted by atomic mass is 35.5. The number of oxazole rings is 1. The summed E-state index contributed by atoms with van der Waals surface area (Å²) in [7, 11) is 0. The van der Waals surface area contributed by atoms with Crippen molar-refractivity contribution in [3.05, 3.63) is 53.2 Å². The minimum Gasteiger partial charge on any atom is -0.447 e. The Morgan fingerprint density at radius 2 is 2.12 bits per heavy atom. The Morgan fingerprint density at radius 3 is 2.75 bits per heavy atom. The van der Waals surface area contributed by atoms with Gasteiger partial charge in [0.25, 0.3) is 0 Å². The largest absolute Gasteiger partial charge is 0.447 e. The normalized spacial score (nSPS) is 12.6. The fourth-order valence-electron chi connectivity index (χ4n) is 1.45. The maximum Gasteiger partial charge on any atom is 0.180 e. The van der Waals surface area contributed by atoms with Gasteiger partial charge in [-0.05, 0) is 24.6 Å². The molecule has 0 spiro atoms. The third-order valence-electron chi connectivity index (χ3n) is 2.44. The van der Waals surface area contributed by atoms with Gasteiger partial charge in [0.2, 0.25) is 0 Å². The zero-order chi connectivity index (χ0) is 11.4. The molecule has 0 saturated heterocycles. The standard InChI is InChI=1S/C12H13ClN2O/c1-9(10-2-4-11(13)5-3-10)15-7-12-6-14-8-16-12/h2-6,8-9,15H,7H2,1H3/t9-/m1/s1. The molecule has 16 heavy (non-hydrogen) atoms. The van der Waals surface area contributed by atoms with Crippen LogP contribution in [-0.4, -0.2) is 4.98 Å². The molecule has 3 nitrogen and oxygen atoms in total. The maximum absolute atomic E-state index is 5.83. The van der Waals surface area contributed by atoms with Crippen molar-refractivity contribution in [2.45, 2.75) is 19.5 Å². The number of halogens is 1. The second kappa shape index (κ2) is 5.14. The van der Waals surface area contributed by atoms with Crippen molar-refractivity contribution in [3.63, 3.8) is 0 Å². The first-order chi connectivity index (χ1) is 7.75. The van der Waals surface area contributed by atoms with Crippen LogP contribution < -0.4 is 5.32 Å². The molecule has 0 aliphatic carbocycles. The Labute approximate surface area is 99.5 Å². The van der Waals surface area contributed by atoms with E-state index in [1.807, 2.05) is 24.3 Å². The Hall–Kier alpha value is -1.32. The van der Waals surface area contributed by atoms with Gasteiger partial charge in [-0.3, -0.25) is 0 Å². The van der Waals surface area contributed by atoms with Crippen molar-refractivity contribution in [2.24, 2.45) is 0 Å². The van der Waals surface area contributed by atoms with Crippen LogP contribution in [0.5, 0.6) is 0 Å². The minimum absolute atomic E-state index is 0.252. The van der Waals surface area contributed by atoms with Crippen LogP contribution in [0.3, 0.4) is 0 Å². The Bertz CT molecular complexity index is 425. The molecule has 0 bridgehead atoms. The predicted molar refractivity (Wildman–Crippen MR) is 63.2 cm³/mol. The number of nitrogens with zero attached hydrogens (tertiary/aromatic N) is 1. The molecule has 0 aliphatic rings. The smallest absolute Gasteiger partial charge is 0.180 e. The number of aromatic nitrogens is 1. The fourth-order valence-corrected chi connectivity index (χ4v) is 1.58. The van der Waals surface area contributed by atoms with E-state index < -0.39 is 0 Å². The van der Waals surface area contributed by atoms with Gasteiger partial charge < -0.3 is 9.73 Å². The first-order valence-corrected chi connectivity index (χ1v) is 5.50. The van der Waals surface area contributed by atoms with Crippen molar-refractivity contribution < 1.29 is 4.42 Å². The molecular formula is C12H13ClN2O. The van der Waals surface area contributed by atoms with Crippen LogP contribution in [-0.2, 0) is 6.54 Å². The summed E-state index contributed by atoms with van der Waals surface area (Å²) < 4.78 is 5.14. The summed E-state index contributed by atoms with van der Waals surface area (Å²) in [5.74, 6) is 0.834. The van der Waals surface area contributed by atoms with E-state index in [9.17, 15) is 0 Å². The average molecular weight is 237 g/mol. The monoisotopic (exact) mass is 236 g/mol. The topological polar surface area (TPSA) is 38.1 Å². The highest BCUT2D eigenvalue weighted by Gasteiger charge is 2.05. The zero-order valence-corrected chi connectivity index (χ0v) is 9.74. The van der Waals surface area contributed by atoms with E-state index in [2.05, 4.69) is 17.2 Å². The molecule has 1 aromatic carbocycles. The van der Waals surface area contributed by atoms with Crippen molar-refractivity contribution in [3.8, 4) is 0 Å². The van der Waals surface area contributed by atoms with Gasteiger partial charge in [-0.1, -0.05) is 23.7 Å². The van der Waals surface area contributed by atoms with E-state index in [-0.39, 0.29) is 6.04 Å². The summed E-state index contributed by atoms with van der Waals surface area (Å²) >= 11 is 5.83. The highest BCUT2D eigenvalue weighted by Crippen LogP contribution is 2.16. The number of nitrogens with one attached hydrogen (secondary N) is 1. The number of hydrogen-bond acceptors (Lipinski definition) is 3. The third kappa shape index (κ3) is 2.84. The molecule has 0 unspecified atom stereocenters. The molecule has 0 radical (unpaired) electrons. The van der Waals surface area contributed by atoms with E-state index >= 15 is 0 Å². The third-order valence-corrected chi connectivity index (χ3v) is 2.69. The molecule has 1 heterocycles. The molecule has 1 aromatic heterocycles. The van der Waals surface area contributed by atoms with Gasteiger partial charge in [0.1, 0.15) is 5.76 Å². The average Bonchev–Trinajstić information content (AvgIpc) is 2.80. The predicted octanol–water partition coefficient (Wildman–Crippen LogP) is 3.18. The molecule has 1 atom stereocenters. The van der Waals surface area contributed by atoms with Crippen LogP contribution in [0.2, 0.25) is 5.02 Å². The van der Waals surface area contributed by atoms with E-state index in [1.165, 1.54) is 12.0 Å². The molecule has 84 valence electrons. The van der Waals surface area contributed by atoms with Gasteiger partial charge in [0.15, 0.2) is 6.39 Å². The molecule has 4 heteroatoms. The molecule has 2 aromatic rings. The molecule has 1 N–H and O–H groups in total. The van der Waals surface area contributed by atoms with E-state index in [0.29, 0.717) is 6.54 Å². The Morgan fingerprint density at radius 1 is 1.38 bits per heavy atom. The second-order valence-corrected chi connectivity index (χ2v) is 4.06. The van der Waals surface area contributed by atoms with Crippen molar-refractivity contribution in [2.75, 3.05) is 0 Å². The van der Waals surface area contributed by atoms with Crippen LogP contribution in [0, 0.1) is 0 Å². The zero-order valence-electron chi connectivity index (χ0n) is 8.98. The first-order valence-electron chi connectivity index (χ1n) is 5.12. The van der Waals surface area contributed by atoms with Gasteiger partial charge in [-0.25, -0.2) is 4.98 Å². The second-order valence-electron chi connectivity index (χ2n) is 3.62. The summed E-state index contributed by atoms with van der Waals surface area (Å²) in [6.07, 6.45) is 3.14. The lowest BCUT2D eigenvalue weighted by atomic mass is 10.1. The molecule has 0 amide bonds. The van der Waals surface area contributed by atoms with Gasteiger partial charge in [0, 0.05) is 11.1 Å². The van der Waals surface area contributed by atoms with Crippen molar-refractivity contribution >= 4 is 11.6 Å². The number of benzene rings is 1. The maximum atomic E-state index is 5.83. The molecule has 0 aliphatic heterocycles. The van der Waals surface area contributed by atoms with Gasteiger partial charge >= 0.3 is 0 Å². The van der Waals surface area contributed by atoms with Gasteiger partial charge in [0.05, 0.1) is 12.7 Å². The van der Waals surface area contributed by atoms with Crippen LogP contribution in [0.15, 0.2) is 41.3 Å². The van der Waals surface area contributed by atoms with Gasteiger partial charge in [-0.2, -0.15) is 0 Å². The lowest BCUT2D eigenvalue weighted by Crippen LogP contribution is -2.17. The van der Waals surface area contributed by atoms with Crippen LogP contribution in [0.25, 0.3) is 0 Å². The minimum atomic E-state index is 0.252. The fraction of sp³-hybridized carbons (Fsp3) is 0.250. The van der Waals surface area contributed by atoms with E-state index in [4.69, 9.17) is 16.0 Å². The Kier molecular flexibility index (Phi) is 3.59.